The monoisotopic (exact) mass is 366 g/mol. The summed E-state index contributed by atoms with van der Waals surface area (Å²) < 4.78 is 35.6. The minimum Gasteiger partial charge on any atom is -0.465 e. The molecule has 9 heteroatoms. The fraction of sp³-hybridized carbons (Fsp3) is 0.867. The summed E-state index contributed by atoms with van der Waals surface area (Å²) in [5, 5.41) is 8.75. The Kier molecular flexibility index (Phi) is 7.18. The van der Waals surface area contributed by atoms with Gasteiger partial charge < -0.3 is 14.6 Å². The van der Waals surface area contributed by atoms with Crippen molar-refractivity contribution in [2.24, 2.45) is 10.8 Å². The Morgan fingerprint density at radius 3 is 1.67 bits per heavy atom. The van der Waals surface area contributed by atoms with E-state index in [1.54, 1.807) is 13.8 Å². The second kappa shape index (κ2) is 8.26. The first-order valence-corrected chi connectivity index (χ1v) is 9.76. The van der Waals surface area contributed by atoms with Crippen molar-refractivity contribution in [1.82, 2.24) is 0 Å². The maximum absolute atomic E-state index is 11.3. The molecular weight excluding hydrogens is 340 g/mol. The summed E-state index contributed by atoms with van der Waals surface area (Å²) in [5.41, 5.74) is -1.20. The van der Waals surface area contributed by atoms with E-state index < -0.39 is 20.9 Å². The van der Waals surface area contributed by atoms with Crippen LogP contribution in [0.15, 0.2) is 0 Å². The Labute approximate surface area is 142 Å². The number of aliphatic hydroxyl groups excluding tert-OH is 1. The summed E-state index contributed by atoms with van der Waals surface area (Å²) in [4.78, 5) is 22.3. The number of ether oxygens (including phenoxy) is 2. The first-order chi connectivity index (χ1) is 11.1. The average molecular weight is 366 g/mol. The zero-order chi connectivity index (χ0) is 18.4. The summed E-state index contributed by atoms with van der Waals surface area (Å²) in [7, 11) is -3.47. The number of aliphatic hydroxyl groups is 1. The summed E-state index contributed by atoms with van der Waals surface area (Å²) in [5.74, 6) is -0.596. The molecule has 0 saturated heterocycles. The van der Waals surface area contributed by atoms with Crippen LogP contribution in [0.4, 0.5) is 0 Å². The third-order valence-corrected chi connectivity index (χ3v) is 4.52. The molecule has 8 nitrogen and oxygen atoms in total. The third-order valence-electron chi connectivity index (χ3n) is 3.98. The lowest BCUT2D eigenvalue weighted by molar-refractivity contribution is -0.152. The van der Waals surface area contributed by atoms with Crippen LogP contribution < -0.4 is 0 Å². The molecule has 2 saturated carbocycles. The Morgan fingerprint density at radius 1 is 0.958 bits per heavy atom. The Hall–Kier alpha value is -1.19. The largest absolute Gasteiger partial charge is 0.465 e. The number of hydrogen-bond acceptors (Lipinski definition) is 8. The summed E-state index contributed by atoms with van der Waals surface area (Å²) in [6.07, 6.45) is 3.81. The SMILES string of the molecule is CCOC(=O)C1(CO)CC1.CCOC(=O)C1(COS(C)(=O)=O)CC1. The topological polar surface area (TPSA) is 116 Å². The number of hydrogen-bond donors (Lipinski definition) is 1. The van der Waals surface area contributed by atoms with Crippen LogP contribution in [0.5, 0.6) is 0 Å². The van der Waals surface area contributed by atoms with E-state index in [4.69, 9.17) is 14.6 Å². The minimum absolute atomic E-state index is 0.0637. The maximum Gasteiger partial charge on any atom is 0.314 e. The lowest BCUT2D eigenvalue weighted by Crippen LogP contribution is -2.25. The zero-order valence-electron chi connectivity index (χ0n) is 14.4. The van der Waals surface area contributed by atoms with Crippen LogP contribution in [0.1, 0.15) is 39.5 Å². The molecule has 0 radical (unpaired) electrons. The lowest BCUT2D eigenvalue weighted by atomic mass is 10.1. The Bertz CT molecular complexity index is 546. The maximum atomic E-state index is 11.3. The van der Waals surface area contributed by atoms with Gasteiger partial charge in [0.2, 0.25) is 0 Å². The number of rotatable bonds is 8. The molecule has 0 unspecified atom stereocenters. The first-order valence-electron chi connectivity index (χ1n) is 7.94. The molecule has 2 aliphatic carbocycles. The van der Waals surface area contributed by atoms with Crippen LogP contribution in [-0.2, 0) is 33.4 Å². The average Bonchev–Trinajstić information content (AvgIpc) is 3.40. The number of carbonyl (C=O) groups is 2. The lowest BCUT2D eigenvalue weighted by Gasteiger charge is -2.12. The Balaban J connectivity index is 0.000000254. The normalized spacial score (nSPS) is 19.5. The van der Waals surface area contributed by atoms with E-state index in [2.05, 4.69) is 4.18 Å². The van der Waals surface area contributed by atoms with Crippen molar-refractivity contribution < 1.29 is 36.8 Å². The van der Waals surface area contributed by atoms with Gasteiger partial charge in [-0.3, -0.25) is 13.8 Å². The Morgan fingerprint density at radius 2 is 1.38 bits per heavy atom. The summed E-state index contributed by atoms with van der Waals surface area (Å²) >= 11 is 0. The first kappa shape index (κ1) is 20.9. The van der Waals surface area contributed by atoms with E-state index in [9.17, 15) is 18.0 Å². The van der Waals surface area contributed by atoms with E-state index in [0.29, 0.717) is 26.1 Å². The summed E-state index contributed by atoms with van der Waals surface area (Å²) in [6, 6.07) is 0. The second-order valence-corrected chi connectivity index (χ2v) is 7.77. The fourth-order valence-corrected chi connectivity index (χ4v) is 2.36. The van der Waals surface area contributed by atoms with Crippen molar-refractivity contribution in [2.75, 3.05) is 32.7 Å². The molecule has 0 aliphatic heterocycles. The zero-order valence-corrected chi connectivity index (χ0v) is 15.2. The molecule has 0 spiro atoms. The van der Waals surface area contributed by atoms with Gasteiger partial charge in [-0.25, -0.2) is 0 Å². The number of carbonyl (C=O) groups excluding carboxylic acids is 2. The predicted molar refractivity (Wildman–Crippen MR) is 84.5 cm³/mol. The molecule has 24 heavy (non-hydrogen) atoms. The molecule has 0 aromatic rings. The van der Waals surface area contributed by atoms with Gasteiger partial charge in [-0.1, -0.05) is 0 Å². The van der Waals surface area contributed by atoms with Gasteiger partial charge in [0.25, 0.3) is 10.1 Å². The highest BCUT2D eigenvalue weighted by molar-refractivity contribution is 7.85. The van der Waals surface area contributed by atoms with Gasteiger partial charge >= 0.3 is 11.9 Å². The molecule has 1 N–H and O–H groups in total. The van der Waals surface area contributed by atoms with Gasteiger partial charge in [0.15, 0.2) is 0 Å². The highest BCUT2D eigenvalue weighted by Crippen LogP contribution is 2.47. The van der Waals surface area contributed by atoms with Gasteiger partial charge in [0.1, 0.15) is 0 Å². The van der Waals surface area contributed by atoms with Crippen molar-refractivity contribution in [3.05, 3.63) is 0 Å². The number of esters is 2. The van der Waals surface area contributed by atoms with Crippen molar-refractivity contribution in [3.8, 4) is 0 Å². The molecule has 0 aromatic heterocycles. The molecule has 2 rings (SSSR count). The van der Waals surface area contributed by atoms with Crippen molar-refractivity contribution >= 4 is 22.1 Å². The van der Waals surface area contributed by atoms with Gasteiger partial charge in [-0.15, -0.1) is 0 Å². The van der Waals surface area contributed by atoms with Gasteiger partial charge in [0.05, 0.1) is 43.5 Å². The molecule has 0 amide bonds. The van der Waals surface area contributed by atoms with Crippen LogP contribution in [0.3, 0.4) is 0 Å². The molecule has 0 atom stereocenters. The van der Waals surface area contributed by atoms with Crippen LogP contribution in [0.25, 0.3) is 0 Å². The van der Waals surface area contributed by atoms with Gasteiger partial charge in [-0.2, -0.15) is 8.42 Å². The van der Waals surface area contributed by atoms with Crippen LogP contribution in [-0.4, -0.2) is 58.1 Å². The third kappa shape index (κ3) is 6.03. The molecule has 2 aliphatic rings. The predicted octanol–water partition coefficient (Wildman–Crippen LogP) is 0.628. The highest BCUT2D eigenvalue weighted by atomic mass is 32.2. The van der Waals surface area contributed by atoms with E-state index in [1.807, 2.05) is 0 Å². The standard InChI is InChI=1S/C8H14O5S.C7H12O3/c1-3-12-7(9)8(4-5-8)6-13-14(2,10)11;1-2-10-6(9)7(5-8)3-4-7/h3-6H2,1-2H3;8H,2-5H2,1H3. The van der Waals surface area contributed by atoms with Gasteiger partial charge in [0, 0.05) is 0 Å². The second-order valence-electron chi connectivity index (χ2n) is 6.13. The highest BCUT2D eigenvalue weighted by Gasteiger charge is 2.52. The van der Waals surface area contributed by atoms with Crippen molar-refractivity contribution in [2.45, 2.75) is 39.5 Å². The summed E-state index contributed by atoms with van der Waals surface area (Å²) in [6.45, 7) is 4.04. The van der Waals surface area contributed by atoms with E-state index in [1.165, 1.54) is 0 Å². The van der Waals surface area contributed by atoms with Crippen LogP contribution in [0.2, 0.25) is 0 Å². The quantitative estimate of drug-likeness (QED) is 0.491. The fourth-order valence-electron chi connectivity index (χ4n) is 1.92. The van der Waals surface area contributed by atoms with Crippen LogP contribution in [0, 0.1) is 10.8 Å². The minimum atomic E-state index is -3.47. The van der Waals surface area contributed by atoms with Gasteiger partial charge in [-0.05, 0) is 39.5 Å². The molecule has 0 bridgehead atoms. The molecule has 2 fully saturated rings. The smallest absolute Gasteiger partial charge is 0.314 e. The van der Waals surface area contributed by atoms with E-state index in [0.717, 1.165) is 19.1 Å². The molecule has 0 aromatic carbocycles. The molecule has 0 heterocycles. The van der Waals surface area contributed by atoms with Crippen LogP contribution >= 0.6 is 0 Å². The molecule has 140 valence electrons. The van der Waals surface area contributed by atoms with E-state index in [-0.39, 0.29) is 25.2 Å². The molecular formula is C15H26O8S. The van der Waals surface area contributed by atoms with E-state index >= 15 is 0 Å². The van der Waals surface area contributed by atoms with Crippen molar-refractivity contribution in [1.29, 1.82) is 0 Å². The van der Waals surface area contributed by atoms with Crippen molar-refractivity contribution in [3.63, 3.8) is 0 Å².